The zero-order valence-corrected chi connectivity index (χ0v) is 11.0. The van der Waals surface area contributed by atoms with Crippen molar-refractivity contribution in [1.29, 1.82) is 0 Å². The van der Waals surface area contributed by atoms with Crippen LogP contribution in [-0.2, 0) is 4.79 Å². The van der Waals surface area contributed by atoms with Crippen LogP contribution in [0.1, 0.15) is 43.1 Å². The van der Waals surface area contributed by atoms with Crippen LogP contribution in [0, 0.1) is 5.92 Å². The third-order valence-corrected chi connectivity index (χ3v) is 2.98. The lowest BCUT2D eigenvalue weighted by Crippen LogP contribution is -2.26. The predicted octanol–water partition coefficient (Wildman–Crippen LogP) is 1.49. The Hall–Kier alpha value is -1.98. The zero-order valence-electron chi connectivity index (χ0n) is 11.0. The molecule has 0 aliphatic rings. The molecule has 1 amide bonds. The first kappa shape index (κ1) is 15.1. The van der Waals surface area contributed by atoms with E-state index in [2.05, 4.69) is 15.3 Å². The van der Waals surface area contributed by atoms with Gasteiger partial charge in [0.1, 0.15) is 5.69 Å². The molecule has 0 aliphatic heterocycles. The standard InChI is InChI=1S/C13H19N3O3/c1-2-10(3-4-12(17)18)5-6-16-13(19)11-9-14-7-8-15-11/h7-10H,2-6H2,1H3,(H,16,19)(H,17,18). The molecule has 1 aromatic rings. The summed E-state index contributed by atoms with van der Waals surface area (Å²) >= 11 is 0. The lowest BCUT2D eigenvalue weighted by atomic mass is 9.96. The Balaban J connectivity index is 2.28. The van der Waals surface area contributed by atoms with Crippen molar-refractivity contribution in [2.24, 2.45) is 5.92 Å². The van der Waals surface area contributed by atoms with Gasteiger partial charge in [0, 0.05) is 25.4 Å². The Morgan fingerprint density at radius 1 is 1.37 bits per heavy atom. The Kier molecular flexibility index (Phi) is 6.49. The number of nitrogens with zero attached hydrogens (tertiary/aromatic N) is 2. The minimum Gasteiger partial charge on any atom is -0.481 e. The lowest BCUT2D eigenvalue weighted by molar-refractivity contribution is -0.137. The van der Waals surface area contributed by atoms with E-state index in [1.54, 1.807) is 0 Å². The van der Waals surface area contributed by atoms with Crippen LogP contribution in [-0.4, -0.2) is 33.5 Å². The largest absolute Gasteiger partial charge is 0.481 e. The maximum Gasteiger partial charge on any atom is 0.303 e. The van der Waals surface area contributed by atoms with Gasteiger partial charge in [0.2, 0.25) is 0 Å². The van der Waals surface area contributed by atoms with E-state index >= 15 is 0 Å². The van der Waals surface area contributed by atoms with Crippen LogP contribution in [0.4, 0.5) is 0 Å². The number of aromatic nitrogens is 2. The van der Waals surface area contributed by atoms with Crippen molar-refractivity contribution < 1.29 is 14.7 Å². The molecule has 2 N–H and O–H groups in total. The fourth-order valence-corrected chi connectivity index (χ4v) is 1.78. The molecule has 0 radical (unpaired) electrons. The minimum absolute atomic E-state index is 0.177. The molecule has 0 spiro atoms. The van der Waals surface area contributed by atoms with E-state index in [-0.39, 0.29) is 12.3 Å². The molecule has 0 saturated heterocycles. The second-order valence-corrected chi connectivity index (χ2v) is 4.34. The van der Waals surface area contributed by atoms with Crippen molar-refractivity contribution in [2.45, 2.75) is 32.6 Å². The van der Waals surface area contributed by atoms with E-state index < -0.39 is 5.97 Å². The van der Waals surface area contributed by atoms with Gasteiger partial charge in [-0.1, -0.05) is 13.3 Å². The molecule has 6 nitrogen and oxygen atoms in total. The smallest absolute Gasteiger partial charge is 0.303 e. The molecule has 1 heterocycles. The number of carboxylic acids is 1. The van der Waals surface area contributed by atoms with Gasteiger partial charge in [0.05, 0.1) is 6.20 Å². The van der Waals surface area contributed by atoms with Gasteiger partial charge in [-0.25, -0.2) is 4.98 Å². The monoisotopic (exact) mass is 265 g/mol. The van der Waals surface area contributed by atoms with Crippen LogP contribution >= 0.6 is 0 Å². The second kappa shape index (κ2) is 8.18. The van der Waals surface area contributed by atoms with Gasteiger partial charge in [-0.05, 0) is 18.8 Å². The molecule has 6 heteroatoms. The highest BCUT2D eigenvalue weighted by atomic mass is 16.4. The zero-order chi connectivity index (χ0) is 14.1. The molecule has 0 bridgehead atoms. The summed E-state index contributed by atoms with van der Waals surface area (Å²) in [4.78, 5) is 29.9. The molecule has 1 atom stereocenters. The number of nitrogens with one attached hydrogen (secondary N) is 1. The third-order valence-electron chi connectivity index (χ3n) is 2.98. The third kappa shape index (κ3) is 5.94. The number of aliphatic carboxylic acids is 1. The van der Waals surface area contributed by atoms with Gasteiger partial charge in [-0.3, -0.25) is 14.6 Å². The van der Waals surface area contributed by atoms with Gasteiger partial charge in [-0.2, -0.15) is 0 Å². The van der Waals surface area contributed by atoms with E-state index in [9.17, 15) is 9.59 Å². The summed E-state index contributed by atoms with van der Waals surface area (Å²) < 4.78 is 0. The van der Waals surface area contributed by atoms with Gasteiger partial charge < -0.3 is 10.4 Å². The van der Waals surface area contributed by atoms with Crippen LogP contribution < -0.4 is 5.32 Å². The summed E-state index contributed by atoms with van der Waals surface area (Å²) in [6, 6.07) is 0. The number of amides is 1. The number of hydrogen-bond donors (Lipinski definition) is 2. The van der Waals surface area contributed by atoms with Crippen LogP contribution in [0.15, 0.2) is 18.6 Å². The first-order chi connectivity index (χ1) is 9.13. The summed E-state index contributed by atoms with van der Waals surface area (Å²) in [7, 11) is 0. The van der Waals surface area contributed by atoms with E-state index in [1.807, 2.05) is 6.92 Å². The van der Waals surface area contributed by atoms with E-state index in [4.69, 9.17) is 5.11 Å². The topological polar surface area (TPSA) is 92.2 Å². The molecule has 19 heavy (non-hydrogen) atoms. The fraction of sp³-hybridized carbons (Fsp3) is 0.538. The molecule has 104 valence electrons. The Morgan fingerprint density at radius 2 is 2.16 bits per heavy atom. The number of carboxylic acid groups (broad SMARTS) is 1. The van der Waals surface area contributed by atoms with Crippen molar-refractivity contribution in [3.8, 4) is 0 Å². The first-order valence-electron chi connectivity index (χ1n) is 6.39. The highest BCUT2D eigenvalue weighted by Crippen LogP contribution is 2.14. The maximum atomic E-state index is 11.7. The van der Waals surface area contributed by atoms with Gasteiger partial charge in [-0.15, -0.1) is 0 Å². The number of hydrogen-bond acceptors (Lipinski definition) is 4. The number of rotatable bonds is 8. The molecule has 1 unspecified atom stereocenters. The Bertz CT molecular complexity index is 409. The first-order valence-corrected chi connectivity index (χ1v) is 6.39. The molecule has 0 saturated carbocycles. The van der Waals surface area contributed by atoms with Crippen LogP contribution in [0.2, 0.25) is 0 Å². The van der Waals surface area contributed by atoms with Crippen LogP contribution in [0.3, 0.4) is 0 Å². The summed E-state index contributed by atoms with van der Waals surface area (Å²) in [6.07, 6.45) is 6.90. The van der Waals surface area contributed by atoms with Crippen LogP contribution in [0.5, 0.6) is 0 Å². The van der Waals surface area contributed by atoms with E-state index in [0.29, 0.717) is 24.6 Å². The average molecular weight is 265 g/mol. The molecular weight excluding hydrogens is 246 g/mol. The van der Waals surface area contributed by atoms with E-state index in [0.717, 1.165) is 12.8 Å². The highest BCUT2D eigenvalue weighted by Gasteiger charge is 2.11. The highest BCUT2D eigenvalue weighted by molar-refractivity contribution is 5.91. The van der Waals surface area contributed by atoms with Crippen LogP contribution in [0.25, 0.3) is 0 Å². The van der Waals surface area contributed by atoms with Gasteiger partial charge in [0.15, 0.2) is 0 Å². The Labute approximate surface area is 112 Å². The molecule has 0 aromatic carbocycles. The molecule has 1 rings (SSSR count). The Morgan fingerprint density at radius 3 is 2.74 bits per heavy atom. The summed E-state index contributed by atoms with van der Waals surface area (Å²) in [5, 5.41) is 11.4. The fourth-order valence-electron chi connectivity index (χ4n) is 1.78. The van der Waals surface area contributed by atoms with Crippen molar-refractivity contribution in [1.82, 2.24) is 15.3 Å². The maximum absolute atomic E-state index is 11.7. The quantitative estimate of drug-likeness (QED) is 0.743. The number of carbonyl (C=O) groups is 2. The molecular formula is C13H19N3O3. The summed E-state index contributed by atoms with van der Waals surface area (Å²) in [5.41, 5.74) is 0.293. The average Bonchev–Trinajstić information content (AvgIpc) is 2.43. The number of carbonyl (C=O) groups excluding carboxylic acids is 1. The normalized spacial score (nSPS) is 11.8. The van der Waals surface area contributed by atoms with Crippen molar-refractivity contribution >= 4 is 11.9 Å². The SMILES string of the molecule is CCC(CCNC(=O)c1cnccn1)CCC(=O)O. The van der Waals surface area contributed by atoms with Crippen molar-refractivity contribution in [3.05, 3.63) is 24.3 Å². The van der Waals surface area contributed by atoms with Crippen molar-refractivity contribution in [2.75, 3.05) is 6.54 Å². The van der Waals surface area contributed by atoms with E-state index in [1.165, 1.54) is 18.6 Å². The molecule has 1 aromatic heterocycles. The summed E-state index contributed by atoms with van der Waals surface area (Å²) in [6.45, 7) is 2.55. The summed E-state index contributed by atoms with van der Waals surface area (Å²) in [5.74, 6) is -0.707. The van der Waals surface area contributed by atoms with Gasteiger partial charge >= 0.3 is 5.97 Å². The second-order valence-electron chi connectivity index (χ2n) is 4.34. The lowest BCUT2D eigenvalue weighted by Gasteiger charge is -2.13. The predicted molar refractivity (Wildman–Crippen MR) is 69.6 cm³/mol. The molecule has 0 aliphatic carbocycles. The molecule has 0 fully saturated rings. The minimum atomic E-state index is -0.776. The van der Waals surface area contributed by atoms with Crippen molar-refractivity contribution in [3.63, 3.8) is 0 Å². The van der Waals surface area contributed by atoms with Gasteiger partial charge in [0.25, 0.3) is 5.91 Å².